The number of carbonyl (C=O) groups excluding carboxylic acids is 2. The van der Waals surface area contributed by atoms with Gasteiger partial charge in [-0.3, -0.25) is 4.79 Å². The lowest BCUT2D eigenvalue weighted by molar-refractivity contribution is 0.102. The Morgan fingerprint density at radius 2 is 1.81 bits per heavy atom. The van der Waals surface area contributed by atoms with Crippen molar-refractivity contribution in [1.29, 1.82) is 0 Å². The van der Waals surface area contributed by atoms with E-state index in [-0.39, 0.29) is 11.9 Å². The van der Waals surface area contributed by atoms with E-state index in [1.54, 1.807) is 44.6 Å². The first-order chi connectivity index (χ1) is 15.5. The number of urea groups is 1. The molecule has 0 bridgehead atoms. The van der Waals surface area contributed by atoms with E-state index in [4.69, 9.17) is 4.74 Å². The lowest BCUT2D eigenvalue weighted by Gasteiger charge is -2.15. The fourth-order valence-corrected chi connectivity index (χ4v) is 3.48. The number of anilines is 2. The number of rotatable bonds is 5. The van der Waals surface area contributed by atoms with Gasteiger partial charge in [0.2, 0.25) is 0 Å². The number of methoxy groups -OCH3 is 1. The van der Waals surface area contributed by atoms with Gasteiger partial charge in [0, 0.05) is 42.5 Å². The topological polar surface area (TPSA) is 96.8 Å². The molecule has 0 aliphatic carbocycles. The van der Waals surface area contributed by atoms with Crippen molar-refractivity contribution in [2.24, 2.45) is 0 Å². The molecule has 2 heterocycles. The monoisotopic (exact) mass is 429 g/mol. The lowest BCUT2D eigenvalue weighted by Crippen LogP contribution is -2.24. The van der Waals surface area contributed by atoms with Crippen molar-refractivity contribution in [3.8, 4) is 16.9 Å². The molecule has 2 aromatic heterocycles. The molecule has 8 nitrogen and oxygen atoms in total. The Labute approximate surface area is 185 Å². The molecule has 0 atom stereocenters. The van der Waals surface area contributed by atoms with Gasteiger partial charge in [-0.05, 0) is 54.4 Å². The fraction of sp³-hybridized carbons (Fsp3) is 0.125. The number of imidazole rings is 1. The normalized spacial score (nSPS) is 10.6. The van der Waals surface area contributed by atoms with Crippen LogP contribution in [0.1, 0.15) is 15.9 Å². The highest BCUT2D eigenvalue weighted by Gasteiger charge is 2.14. The number of nitrogens with one attached hydrogen (secondary N) is 3. The third kappa shape index (κ3) is 4.11. The lowest BCUT2D eigenvalue weighted by atomic mass is 10.00. The van der Waals surface area contributed by atoms with E-state index in [2.05, 4.69) is 20.9 Å². The van der Waals surface area contributed by atoms with Crippen LogP contribution >= 0.6 is 0 Å². The third-order valence-electron chi connectivity index (χ3n) is 5.21. The molecular formula is C24H23N5O3. The minimum atomic E-state index is -0.329. The zero-order valence-corrected chi connectivity index (χ0v) is 18.0. The van der Waals surface area contributed by atoms with Crippen molar-refractivity contribution in [3.63, 3.8) is 0 Å². The second kappa shape index (κ2) is 8.81. The van der Waals surface area contributed by atoms with Crippen LogP contribution in [0.4, 0.5) is 16.2 Å². The maximum atomic E-state index is 12.7. The summed E-state index contributed by atoms with van der Waals surface area (Å²) in [6.45, 7) is 1.95. The molecule has 2 aromatic carbocycles. The van der Waals surface area contributed by atoms with Gasteiger partial charge < -0.3 is 25.1 Å². The van der Waals surface area contributed by atoms with Crippen LogP contribution in [0, 0.1) is 6.92 Å². The fourth-order valence-electron chi connectivity index (χ4n) is 3.48. The van der Waals surface area contributed by atoms with Crippen LogP contribution < -0.4 is 20.7 Å². The summed E-state index contributed by atoms with van der Waals surface area (Å²) in [5.74, 6) is 0.482. The molecule has 0 saturated heterocycles. The van der Waals surface area contributed by atoms with Gasteiger partial charge in [-0.15, -0.1) is 0 Å². The van der Waals surface area contributed by atoms with Gasteiger partial charge in [0.1, 0.15) is 5.75 Å². The second-order valence-corrected chi connectivity index (χ2v) is 7.17. The molecule has 0 fully saturated rings. The molecule has 4 rings (SSSR count). The molecule has 8 heteroatoms. The van der Waals surface area contributed by atoms with Gasteiger partial charge in [0.05, 0.1) is 12.8 Å². The molecule has 162 valence electrons. The Hall–Kier alpha value is -4.33. The smallest absolute Gasteiger partial charge is 0.319 e. The van der Waals surface area contributed by atoms with Crippen molar-refractivity contribution >= 4 is 29.0 Å². The van der Waals surface area contributed by atoms with Crippen molar-refractivity contribution in [2.45, 2.75) is 6.92 Å². The van der Waals surface area contributed by atoms with Crippen LogP contribution in [0.5, 0.6) is 5.75 Å². The number of amides is 3. The standard InChI is InChI=1S/C24H23N5O3/c1-15-19(17-13-21(28-24(31)25-2)22-26-11-12-29(22)14-17)5-4-6-20(15)27-23(30)16-7-9-18(32-3)10-8-16/h4-14H,1-3H3,(H,27,30)(H2,25,28,31). The first-order valence-electron chi connectivity index (χ1n) is 10.0. The average Bonchev–Trinajstić information content (AvgIpc) is 3.29. The van der Waals surface area contributed by atoms with Crippen LogP contribution in [-0.2, 0) is 0 Å². The zero-order chi connectivity index (χ0) is 22.7. The molecule has 0 radical (unpaired) electrons. The van der Waals surface area contributed by atoms with Crippen LogP contribution in [-0.4, -0.2) is 35.5 Å². The second-order valence-electron chi connectivity index (χ2n) is 7.17. The van der Waals surface area contributed by atoms with Crippen LogP contribution in [0.15, 0.2) is 67.1 Å². The molecule has 0 saturated carbocycles. The van der Waals surface area contributed by atoms with Gasteiger partial charge >= 0.3 is 6.03 Å². The minimum absolute atomic E-state index is 0.208. The van der Waals surface area contributed by atoms with E-state index in [0.29, 0.717) is 28.3 Å². The van der Waals surface area contributed by atoms with E-state index in [0.717, 1.165) is 16.7 Å². The number of pyridine rings is 1. The minimum Gasteiger partial charge on any atom is -0.497 e. The maximum absolute atomic E-state index is 12.7. The summed E-state index contributed by atoms with van der Waals surface area (Å²) >= 11 is 0. The SMILES string of the molecule is CNC(=O)Nc1cc(-c2cccc(NC(=O)c3ccc(OC)cc3)c2C)cn2ccnc12. The summed E-state index contributed by atoms with van der Waals surface area (Å²) in [7, 11) is 3.14. The van der Waals surface area contributed by atoms with Gasteiger partial charge in [-0.2, -0.15) is 0 Å². The van der Waals surface area contributed by atoms with Crippen molar-refractivity contribution < 1.29 is 14.3 Å². The number of hydrogen-bond donors (Lipinski definition) is 3. The largest absolute Gasteiger partial charge is 0.497 e. The predicted molar refractivity (Wildman–Crippen MR) is 124 cm³/mol. The zero-order valence-electron chi connectivity index (χ0n) is 18.0. The summed E-state index contributed by atoms with van der Waals surface area (Å²) < 4.78 is 7.00. The number of benzene rings is 2. The highest BCUT2D eigenvalue weighted by atomic mass is 16.5. The highest BCUT2D eigenvalue weighted by Crippen LogP contribution is 2.32. The molecule has 0 spiro atoms. The number of ether oxygens (including phenoxy) is 1. The molecule has 4 aromatic rings. The van der Waals surface area contributed by atoms with Crippen molar-refractivity contribution in [1.82, 2.24) is 14.7 Å². The van der Waals surface area contributed by atoms with Crippen LogP contribution in [0.3, 0.4) is 0 Å². The Morgan fingerprint density at radius 1 is 1.03 bits per heavy atom. The summed E-state index contributed by atoms with van der Waals surface area (Å²) in [5, 5.41) is 8.35. The Morgan fingerprint density at radius 3 is 2.53 bits per heavy atom. The summed E-state index contributed by atoms with van der Waals surface area (Å²) in [5.41, 5.74) is 5.16. The van der Waals surface area contributed by atoms with E-state index in [9.17, 15) is 9.59 Å². The molecule has 3 N–H and O–H groups in total. The summed E-state index contributed by atoms with van der Waals surface area (Å²) in [4.78, 5) is 29.0. The average molecular weight is 429 g/mol. The van der Waals surface area contributed by atoms with Gasteiger partial charge in [-0.1, -0.05) is 12.1 Å². The third-order valence-corrected chi connectivity index (χ3v) is 5.21. The first kappa shape index (κ1) is 20.9. The molecule has 32 heavy (non-hydrogen) atoms. The Bertz CT molecular complexity index is 1290. The predicted octanol–water partition coefficient (Wildman–Crippen LogP) is 4.32. The van der Waals surface area contributed by atoms with E-state index < -0.39 is 0 Å². The number of carbonyl (C=O) groups is 2. The molecular weight excluding hydrogens is 406 g/mol. The van der Waals surface area contributed by atoms with Gasteiger partial charge in [0.25, 0.3) is 5.91 Å². The van der Waals surface area contributed by atoms with E-state index >= 15 is 0 Å². The van der Waals surface area contributed by atoms with Gasteiger partial charge in [-0.25, -0.2) is 9.78 Å². The summed E-state index contributed by atoms with van der Waals surface area (Å²) in [6, 6.07) is 14.2. The summed E-state index contributed by atoms with van der Waals surface area (Å²) in [6.07, 6.45) is 5.43. The molecule has 0 aliphatic heterocycles. The van der Waals surface area contributed by atoms with Crippen LogP contribution in [0.25, 0.3) is 16.8 Å². The number of fused-ring (bicyclic) bond motifs is 1. The van der Waals surface area contributed by atoms with E-state index in [1.807, 2.05) is 48.0 Å². The van der Waals surface area contributed by atoms with E-state index in [1.165, 1.54) is 0 Å². The number of nitrogens with zero attached hydrogens (tertiary/aromatic N) is 2. The maximum Gasteiger partial charge on any atom is 0.319 e. The van der Waals surface area contributed by atoms with Crippen LogP contribution in [0.2, 0.25) is 0 Å². The quantitative estimate of drug-likeness (QED) is 0.440. The Balaban J connectivity index is 1.68. The van der Waals surface area contributed by atoms with Crippen molar-refractivity contribution in [2.75, 3.05) is 24.8 Å². The van der Waals surface area contributed by atoms with Crippen molar-refractivity contribution in [3.05, 3.63) is 78.2 Å². The van der Waals surface area contributed by atoms with Gasteiger partial charge in [0.15, 0.2) is 5.65 Å². The number of hydrogen-bond acceptors (Lipinski definition) is 4. The highest BCUT2D eigenvalue weighted by molar-refractivity contribution is 6.05. The Kier molecular flexibility index (Phi) is 5.76. The molecule has 0 unspecified atom stereocenters. The first-order valence-corrected chi connectivity index (χ1v) is 10.0. The molecule has 0 aliphatic rings. The number of aromatic nitrogens is 2. The molecule has 3 amide bonds.